The van der Waals surface area contributed by atoms with Crippen LogP contribution in [0.25, 0.3) is 0 Å². The van der Waals surface area contributed by atoms with Crippen LogP contribution in [0, 0.1) is 11.3 Å². The molecule has 1 aliphatic rings. The van der Waals surface area contributed by atoms with Gasteiger partial charge < -0.3 is 0 Å². The van der Waals surface area contributed by atoms with Gasteiger partial charge in [0, 0.05) is 12.8 Å². The smallest absolute Gasteiger partial charge is 0.290 e. The average molecular weight is 398 g/mol. The second-order valence-corrected chi connectivity index (χ2v) is 8.41. The SMILES string of the molecule is CC1CC(C)(C)CC(OOC(=O)c2ccccc2)(OOC(=O)c2ccccc2)C1. The first-order valence-corrected chi connectivity index (χ1v) is 9.69. The molecule has 0 aromatic heterocycles. The van der Waals surface area contributed by atoms with E-state index in [4.69, 9.17) is 19.6 Å². The Kier molecular flexibility index (Phi) is 6.35. The van der Waals surface area contributed by atoms with Crippen LogP contribution in [0.2, 0.25) is 0 Å². The van der Waals surface area contributed by atoms with Gasteiger partial charge in [-0.25, -0.2) is 9.59 Å². The summed E-state index contributed by atoms with van der Waals surface area (Å²) in [5.41, 5.74) is 0.551. The third-order valence-corrected chi connectivity index (χ3v) is 4.87. The minimum Gasteiger partial charge on any atom is -0.290 e. The molecule has 2 aromatic carbocycles. The van der Waals surface area contributed by atoms with Crippen molar-refractivity contribution in [1.82, 2.24) is 0 Å². The molecule has 2 aromatic rings. The van der Waals surface area contributed by atoms with Gasteiger partial charge in [0.05, 0.1) is 11.1 Å². The molecule has 29 heavy (non-hydrogen) atoms. The van der Waals surface area contributed by atoms with Crippen molar-refractivity contribution < 1.29 is 29.1 Å². The zero-order valence-corrected chi connectivity index (χ0v) is 16.9. The molecule has 6 heteroatoms. The van der Waals surface area contributed by atoms with E-state index in [2.05, 4.69) is 20.8 Å². The predicted octanol–water partition coefficient (Wildman–Crippen LogP) is 5.11. The molecule has 0 aliphatic heterocycles. The lowest BCUT2D eigenvalue weighted by Gasteiger charge is -2.43. The van der Waals surface area contributed by atoms with Crippen LogP contribution in [0.5, 0.6) is 0 Å². The summed E-state index contributed by atoms with van der Waals surface area (Å²) in [7, 11) is 0. The van der Waals surface area contributed by atoms with E-state index < -0.39 is 17.7 Å². The minimum atomic E-state index is -1.38. The molecule has 1 atom stereocenters. The topological polar surface area (TPSA) is 71.1 Å². The van der Waals surface area contributed by atoms with E-state index >= 15 is 0 Å². The zero-order valence-electron chi connectivity index (χ0n) is 16.9. The van der Waals surface area contributed by atoms with Crippen molar-refractivity contribution in [2.24, 2.45) is 11.3 Å². The number of carbonyl (C=O) groups excluding carboxylic acids is 2. The van der Waals surface area contributed by atoms with E-state index in [0.29, 0.717) is 24.0 Å². The lowest BCUT2D eigenvalue weighted by Crippen LogP contribution is -2.47. The van der Waals surface area contributed by atoms with Crippen molar-refractivity contribution >= 4 is 11.9 Å². The van der Waals surface area contributed by atoms with Gasteiger partial charge in [0.15, 0.2) is 0 Å². The molecule has 1 aliphatic carbocycles. The Morgan fingerprint density at radius 3 is 1.66 bits per heavy atom. The number of rotatable bonds is 6. The highest BCUT2D eigenvalue weighted by Crippen LogP contribution is 2.46. The van der Waals surface area contributed by atoms with Crippen LogP contribution in [0.4, 0.5) is 0 Å². The highest BCUT2D eigenvalue weighted by Gasteiger charge is 2.49. The molecular formula is C23H26O6. The van der Waals surface area contributed by atoms with Crippen LogP contribution in [-0.2, 0) is 19.6 Å². The molecule has 0 radical (unpaired) electrons. The predicted molar refractivity (Wildman–Crippen MR) is 105 cm³/mol. The van der Waals surface area contributed by atoms with Crippen LogP contribution < -0.4 is 0 Å². The molecular weight excluding hydrogens is 372 g/mol. The molecule has 0 heterocycles. The molecule has 6 nitrogen and oxygen atoms in total. The first-order chi connectivity index (χ1) is 13.8. The molecule has 0 bridgehead atoms. The summed E-state index contributed by atoms with van der Waals surface area (Å²) in [5, 5.41) is 0. The van der Waals surface area contributed by atoms with Crippen LogP contribution >= 0.6 is 0 Å². The third kappa shape index (κ3) is 5.65. The molecule has 0 amide bonds. The Bertz CT molecular complexity index is 775. The Hall–Kier alpha value is -2.70. The van der Waals surface area contributed by atoms with Crippen LogP contribution in [0.3, 0.4) is 0 Å². The summed E-state index contributed by atoms with van der Waals surface area (Å²) >= 11 is 0. The number of benzene rings is 2. The lowest BCUT2D eigenvalue weighted by atomic mass is 9.70. The first-order valence-electron chi connectivity index (χ1n) is 9.69. The van der Waals surface area contributed by atoms with Crippen molar-refractivity contribution in [2.45, 2.75) is 45.8 Å². The average Bonchev–Trinajstić information content (AvgIpc) is 2.70. The van der Waals surface area contributed by atoms with E-state index in [1.165, 1.54) is 0 Å². The van der Waals surface area contributed by atoms with E-state index in [1.807, 2.05) is 0 Å². The quantitative estimate of drug-likeness (QED) is 0.383. The van der Waals surface area contributed by atoms with Crippen LogP contribution in [0.15, 0.2) is 60.7 Å². The van der Waals surface area contributed by atoms with Crippen molar-refractivity contribution in [2.75, 3.05) is 0 Å². The van der Waals surface area contributed by atoms with Gasteiger partial charge in [0.25, 0.3) is 5.79 Å². The highest BCUT2D eigenvalue weighted by atomic mass is 17.3. The first kappa shape index (κ1) is 21.0. The van der Waals surface area contributed by atoms with E-state index in [1.54, 1.807) is 60.7 Å². The number of carbonyl (C=O) groups is 2. The van der Waals surface area contributed by atoms with Gasteiger partial charge in [0.1, 0.15) is 0 Å². The number of hydrogen-bond acceptors (Lipinski definition) is 6. The van der Waals surface area contributed by atoms with Gasteiger partial charge in [-0.1, -0.05) is 57.2 Å². The van der Waals surface area contributed by atoms with E-state index in [9.17, 15) is 9.59 Å². The summed E-state index contributed by atoms with van der Waals surface area (Å²) in [6.07, 6.45) is 1.76. The second kappa shape index (κ2) is 8.76. The fourth-order valence-corrected chi connectivity index (χ4v) is 4.03. The van der Waals surface area contributed by atoms with Crippen molar-refractivity contribution in [3.63, 3.8) is 0 Å². The molecule has 1 saturated carbocycles. The Morgan fingerprint density at radius 1 is 0.793 bits per heavy atom. The molecule has 0 N–H and O–H groups in total. The lowest BCUT2D eigenvalue weighted by molar-refractivity contribution is -0.489. The van der Waals surface area contributed by atoms with Gasteiger partial charge in [-0.3, -0.25) is 9.78 Å². The van der Waals surface area contributed by atoms with Gasteiger partial charge in [-0.05, 0) is 42.0 Å². The highest BCUT2D eigenvalue weighted by molar-refractivity contribution is 5.89. The Balaban J connectivity index is 1.73. The summed E-state index contributed by atoms with van der Waals surface area (Å²) in [5.74, 6) is -2.45. The maximum absolute atomic E-state index is 12.3. The molecule has 1 fully saturated rings. The molecule has 0 spiro atoms. The van der Waals surface area contributed by atoms with Crippen LogP contribution in [0.1, 0.15) is 60.7 Å². The van der Waals surface area contributed by atoms with Gasteiger partial charge in [-0.2, -0.15) is 0 Å². The maximum atomic E-state index is 12.3. The maximum Gasteiger partial charge on any atom is 0.373 e. The Labute approximate surface area is 170 Å². The third-order valence-electron chi connectivity index (χ3n) is 4.87. The molecule has 1 unspecified atom stereocenters. The largest absolute Gasteiger partial charge is 0.373 e. The standard InChI is InChI=1S/C23H26O6/c1-17-14-22(2,3)16-23(15-17,28-26-20(24)18-10-6-4-7-11-18)29-27-21(25)19-12-8-5-9-13-19/h4-13,17H,14-16H2,1-3H3. The summed E-state index contributed by atoms with van der Waals surface area (Å²) in [6, 6.07) is 17.0. The zero-order chi connectivity index (χ0) is 20.9. The normalized spacial score (nSPS) is 19.9. The Morgan fingerprint density at radius 2 is 1.24 bits per heavy atom. The fourth-order valence-electron chi connectivity index (χ4n) is 4.03. The van der Waals surface area contributed by atoms with Gasteiger partial charge >= 0.3 is 11.9 Å². The van der Waals surface area contributed by atoms with Crippen molar-refractivity contribution in [1.29, 1.82) is 0 Å². The van der Waals surface area contributed by atoms with Gasteiger partial charge in [0.2, 0.25) is 0 Å². The van der Waals surface area contributed by atoms with Crippen molar-refractivity contribution in [3.05, 3.63) is 71.8 Å². The van der Waals surface area contributed by atoms with Crippen LogP contribution in [-0.4, -0.2) is 17.7 Å². The second-order valence-electron chi connectivity index (χ2n) is 8.41. The van der Waals surface area contributed by atoms with Crippen molar-refractivity contribution in [3.8, 4) is 0 Å². The number of hydrogen-bond donors (Lipinski definition) is 0. The molecule has 154 valence electrons. The summed E-state index contributed by atoms with van der Waals surface area (Å²) in [6.45, 7) is 6.20. The summed E-state index contributed by atoms with van der Waals surface area (Å²) in [4.78, 5) is 45.9. The van der Waals surface area contributed by atoms with Gasteiger partial charge in [-0.15, -0.1) is 9.78 Å². The van der Waals surface area contributed by atoms with E-state index in [0.717, 1.165) is 6.42 Å². The van der Waals surface area contributed by atoms with E-state index in [-0.39, 0.29) is 11.3 Å². The summed E-state index contributed by atoms with van der Waals surface area (Å²) < 4.78 is 0. The monoisotopic (exact) mass is 398 g/mol. The fraction of sp³-hybridized carbons (Fsp3) is 0.391. The minimum absolute atomic E-state index is 0.157. The molecule has 0 saturated heterocycles. The molecule has 3 rings (SSSR count).